The van der Waals surface area contributed by atoms with Crippen molar-refractivity contribution >= 4 is 33.4 Å². The van der Waals surface area contributed by atoms with Gasteiger partial charge in [0.05, 0.1) is 12.2 Å². The molecule has 0 spiro atoms. The van der Waals surface area contributed by atoms with Crippen LogP contribution in [0.15, 0.2) is 29.2 Å². The largest absolute Gasteiger partial charge is 0.481 e. The smallest absolute Gasteiger partial charge is 0.305 e. The minimum absolute atomic E-state index is 0.0691. The number of rotatable bonds is 14. The van der Waals surface area contributed by atoms with E-state index in [1.54, 1.807) is 6.92 Å². The molecule has 0 saturated carbocycles. The fraction of sp³-hybridized carbons (Fsp3) is 0.391. The van der Waals surface area contributed by atoms with Gasteiger partial charge in [-0.1, -0.05) is 13.8 Å². The fourth-order valence-corrected chi connectivity index (χ4v) is 4.57. The number of nitrogens with zero attached hydrogens (tertiary/aromatic N) is 1. The number of hydrogen-bond acceptors (Lipinski definition) is 7. The average molecular weight is 580 g/mol. The topological polar surface area (TPSA) is 161 Å². The van der Waals surface area contributed by atoms with E-state index in [9.17, 15) is 45.2 Å². The lowest BCUT2D eigenvalue weighted by atomic mass is 10.1. The second-order valence-electron chi connectivity index (χ2n) is 8.19. The van der Waals surface area contributed by atoms with E-state index < -0.39 is 87.4 Å². The zero-order valence-electron chi connectivity index (χ0n) is 20.7. The predicted molar refractivity (Wildman–Crippen MR) is 129 cm³/mol. The number of hydrogen-bond donors (Lipinski definition) is 3. The highest BCUT2D eigenvalue weighted by molar-refractivity contribution is 7.92. The summed E-state index contributed by atoms with van der Waals surface area (Å²) < 4.78 is 86.1. The number of carboxylic acids is 1. The summed E-state index contributed by atoms with van der Waals surface area (Å²) in [6, 6.07) is -0.793. The first-order valence-electron chi connectivity index (χ1n) is 11.4. The summed E-state index contributed by atoms with van der Waals surface area (Å²) in [4.78, 5) is 49.7. The van der Waals surface area contributed by atoms with Gasteiger partial charge in [0.25, 0.3) is 5.56 Å². The van der Waals surface area contributed by atoms with Gasteiger partial charge in [-0.15, -0.1) is 0 Å². The number of carbonyl (C=O) groups is 3. The number of halogens is 4. The molecule has 2 atom stereocenters. The first kappa shape index (κ1) is 31.3. The number of ether oxygens (including phenoxy) is 1. The lowest BCUT2D eigenvalue weighted by Gasteiger charge is -2.22. The molecule has 1 heterocycles. The molecule has 0 radical (unpaired) electrons. The third kappa shape index (κ3) is 8.02. The summed E-state index contributed by atoms with van der Waals surface area (Å²) in [5, 5.41) is 11.3. The molecular formula is C23H25F4N3O8S. The molecule has 0 fully saturated rings. The van der Waals surface area contributed by atoms with Crippen LogP contribution in [0, 0.1) is 23.3 Å². The molecular weight excluding hydrogens is 554 g/mol. The van der Waals surface area contributed by atoms with Crippen molar-refractivity contribution in [1.82, 2.24) is 9.88 Å². The monoisotopic (exact) mass is 579 g/mol. The third-order valence-electron chi connectivity index (χ3n) is 5.25. The zero-order chi connectivity index (χ0) is 29.5. The molecule has 11 nitrogen and oxygen atoms in total. The molecule has 0 aliphatic heterocycles. The van der Waals surface area contributed by atoms with Gasteiger partial charge in [0.1, 0.15) is 24.4 Å². The molecule has 3 N–H and O–H groups in total. The van der Waals surface area contributed by atoms with Crippen LogP contribution in [0.2, 0.25) is 0 Å². The Kier molecular flexibility index (Phi) is 10.6. The minimum atomic E-state index is -3.85. The van der Waals surface area contributed by atoms with Crippen LogP contribution >= 0.6 is 0 Å². The van der Waals surface area contributed by atoms with Gasteiger partial charge in [-0.2, -0.15) is 8.78 Å². The van der Waals surface area contributed by atoms with Gasteiger partial charge < -0.3 is 19.7 Å². The molecule has 1 aromatic carbocycles. The summed E-state index contributed by atoms with van der Waals surface area (Å²) in [7, 11) is -3.85. The lowest BCUT2D eigenvalue weighted by molar-refractivity contribution is -0.140. The Balaban J connectivity index is 2.28. The molecule has 2 aromatic rings. The molecule has 0 bridgehead atoms. The Labute approximate surface area is 219 Å². The van der Waals surface area contributed by atoms with Crippen LogP contribution in [0.25, 0.3) is 0 Å². The van der Waals surface area contributed by atoms with Crippen molar-refractivity contribution in [2.45, 2.75) is 45.2 Å². The normalized spacial score (nSPS) is 12.9. The second kappa shape index (κ2) is 13.2. The van der Waals surface area contributed by atoms with E-state index in [-0.39, 0.29) is 30.3 Å². The highest BCUT2D eigenvalue weighted by Gasteiger charge is 2.30. The van der Waals surface area contributed by atoms with Crippen molar-refractivity contribution in [2.24, 2.45) is 0 Å². The number of benzene rings is 1. The Morgan fingerprint density at radius 1 is 1.10 bits per heavy atom. The molecule has 0 saturated heterocycles. The predicted octanol–water partition coefficient (Wildman–Crippen LogP) is 2.12. The summed E-state index contributed by atoms with van der Waals surface area (Å²) >= 11 is 0. The molecule has 1 aromatic heterocycles. The van der Waals surface area contributed by atoms with E-state index in [0.717, 1.165) is 4.57 Å². The molecule has 39 heavy (non-hydrogen) atoms. The van der Waals surface area contributed by atoms with E-state index in [2.05, 4.69) is 14.8 Å². The van der Waals surface area contributed by atoms with Gasteiger partial charge in [0.2, 0.25) is 27.6 Å². The number of amides is 1. The first-order valence-corrected chi connectivity index (χ1v) is 13.1. The van der Waals surface area contributed by atoms with Gasteiger partial charge >= 0.3 is 5.97 Å². The number of carboxylic acid groups (broad SMARTS) is 1. The van der Waals surface area contributed by atoms with Gasteiger partial charge in [-0.3, -0.25) is 23.9 Å². The zero-order valence-corrected chi connectivity index (χ0v) is 21.5. The van der Waals surface area contributed by atoms with Crippen LogP contribution in [0.1, 0.15) is 39.2 Å². The van der Waals surface area contributed by atoms with Crippen molar-refractivity contribution in [3.8, 4) is 5.75 Å². The van der Waals surface area contributed by atoms with Crippen LogP contribution in [0.5, 0.6) is 5.75 Å². The Hall–Kier alpha value is -3.95. The van der Waals surface area contributed by atoms with Gasteiger partial charge in [0.15, 0.2) is 23.2 Å². The number of nitrogens with one attached hydrogen (secondary N) is 2. The number of aliphatic carboxylic acids is 1. The highest BCUT2D eigenvalue weighted by atomic mass is 32.2. The maximum atomic E-state index is 13.8. The molecule has 0 aliphatic rings. The van der Waals surface area contributed by atoms with Crippen molar-refractivity contribution < 1.29 is 50.2 Å². The average Bonchev–Trinajstić information content (AvgIpc) is 2.84. The lowest BCUT2D eigenvalue weighted by Crippen LogP contribution is -2.48. The van der Waals surface area contributed by atoms with E-state index >= 15 is 0 Å². The van der Waals surface area contributed by atoms with Crippen LogP contribution in [0.4, 0.5) is 23.2 Å². The maximum absolute atomic E-state index is 13.8. The first-order chi connectivity index (χ1) is 18.2. The number of Topliss-reactive ketones (excluding diaryl/α,β-unsaturated/α-hetero) is 1. The molecule has 1 unspecified atom stereocenters. The van der Waals surface area contributed by atoms with Gasteiger partial charge in [0, 0.05) is 12.3 Å². The van der Waals surface area contributed by atoms with Crippen LogP contribution < -0.4 is 20.3 Å². The Morgan fingerprint density at radius 2 is 1.72 bits per heavy atom. The van der Waals surface area contributed by atoms with E-state index in [4.69, 9.17) is 5.11 Å². The number of sulfonamides is 1. The summed E-state index contributed by atoms with van der Waals surface area (Å²) in [5.41, 5.74) is -1.25. The van der Waals surface area contributed by atoms with Crippen molar-refractivity contribution in [3.05, 3.63) is 58.0 Å². The van der Waals surface area contributed by atoms with Crippen molar-refractivity contribution in [1.29, 1.82) is 0 Å². The SMILES string of the molecule is CCCS(=O)(=O)Nc1cccn([C@@H](CC)C(=O)NC(CC(=O)O)C(=O)COc2c(F)c(F)cc(F)c2F)c1=O. The summed E-state index contributed by atoms with van der Waals surface area (Å²) in [6.45, 7) is 1.81. The Bertz CT molecular complexity index is 1390. The summed E-state index contributed by atoms with van der Waals surface area (Å²) in [6.07, 6.45) is 0.361. The second-order valence-corrected chi connectivity index (χ2v) is 10.0. The fourth-order valence-electron chi connectivity index (χ4n) is 3.44. The van der Waals surface area contributed by atoms with Gasteiger partial charge in [-0.25, -0.2) is 17.2 Å². The molecule has 1 amide bonds. The third-order valence-corrected chi connectivity index (χ3v) is 6.73. The van der Waals surface area contributed by atoms with E-state index in [0.29, 0.717) is 0 Å². The van der Waals surface area contributed by atoms with Crippen LogP contribution in [-0.4, -0.2) is 54.2 Å². The number of anilines is 1. The number of pyridine rings is 1. The standard InChI is InChI=1S/C23H25F4N3O8S/c1-3-8-39(36,37)29-14-6-5-7-30(23(14)35)16(4-2)22(34)28-15(10-18(32)33)17(31)11-38-21-19(26)12(24)9-13(25)20(21)27/h5-7,9,15-16,29H,3-4,8,10-11H2,1-2H3,(H,28,34)(H,32,33)/t15?,16-/m0/s1. The van der Waals surface area contributed by atoms with Crippen LogP contribution in [-0.2, 0) is 24.4 Å². The van der Waals surface area contributed by atoms with Crippen molar-refractivity contribution in [3.63, 3.8) is 0 Å². The maximum Gasteiger partial charge on any atom is 0.305 e. The molecule has 214 valence electrons. The Morgan fingerprint density at radius 3 is 2.26 bits per heavy atom. The molecule has 2 rings (SSSR count). The van der Waals surface area contributed by atoms with E-state index in [1.165, 1.54) is 25.3 Å². The highest BCUT2D eigenvalue weighted by Crippen LogP contribution is 2.26. The number of carbonyl (C=O) groups excluding carboxylic acids is 2. The van der Waals surface area contributed by atoms with E-state index in [1.807, 2.05) is 0 Å². The van der Waals surface area contributed by atoms with Gasteiger partial charge in [-0.05, 0) is 25.0 Å². The minimum Gasteiger partial charge on any atom is -0.481 e. The molecule has 16 heteroatoms. The van der Waals surface area contributed by atoms with Crippen LogP contribution in [0.3, 0.4) is 0 Å². The summed E-state index contributed by atoms with van der Waals surface area (Å²) in [5.74, 6) is -13.1. The number of ketones is 1. The van der Waals surface area contributed by atoms with Crippen molar-refractivity contribution in [2.75, 3.05) is 17.1 Å². The number of aromatic nitrogens is 1. The quantitative estimate of drug-likeness (QED) is 0.227. The molecule has 0 aliphatic carbocycles.